The molecule has 0 radical (unpaired) electrons. The molecule has 0 aliphatic heterocycles. The second-order valence-corrected chi connectivity index (χ2v) is 6.08. The lowest BCUT2D eigenvalue weighted by Gasteiger charge is -2.19. The van der Waals surface area contributed by atoms with E-state index in [9.17, 15) is 8.42 Å². The Morgan fingerprint density at radius 3 is 2.61 bits per heavy atom. The minimum absolute atomic E-state index is 0.0191. The molecular formula is C11H20N4O2S. The fourth-order valence-corrected chi connectivity index (χ4v) is 3.36. The first kappa shape index (κ1) is 14.9. The number of hydrogen-bond acceptors (Lipinski definition) is 4. The van der Waals surface area contributed by atoms with E-state index in [0.717, 1.165) is 5.57 Å². The first-order chi connectivity index (χ1) is 8.34. The molecule has 1 aromatic rings. The fraction of sp³-hybridized carbons (Fsp3) is 0.545. The maximum absolute atomic E-state index is 12.4. The predicted octanol–water partition coefficient (Wildman–Crippen LogP) is 0.764. The summed E-state index contributed by atoms with van der Waals surface area (Å²) >= 11 is 0. The summed E-state index contributed by atoms with van der Waals surface area (Å²) in [6.45, 7) is 9.85. The number of hydrogen-bond donors (Lipinski definition) is 2. The zero-order valence-electron chi connectivity index (χ0n) is 11.0. The maximum atomic E-state index is 12.4. The highest BCUT2D eigenvalue weighted by Gasteiger charge is 2.29. The van der Waals surface area contributed by atoms with Crippen LogP contribution in [0.5, 0.6) is 0 Å². The highest BCUT2D eigenvalue weighted by atomic mass is 32.2. The van der Waals surface area contributed by atoms with E-state index in [4.69, 9.17) is 5.73 Å². The van der Waals surface area contributed by atoms with Crippen molar-refractivity contribution in [3.05, 3.63) is 23.4 Å². The summed E-state index contributed by atoms with van der Waals surface area (Å²) in [5.41, 5.74) is 7.57. The van der Waals surface area contributed by atoms with Crippen LogP contribution in [-0.2, 0) is 16.6 Å². The Morgan fingerprint density at radius 1 is 1.56 bits per heavy atom. The highest BCUT2D eigenvalue weighted by Crippen LogP contribution is 2.20. The van der Waals surface area contributed by atoms with Crippen LogP contribution < -0.4 is 5.73 Å². The van der Waals surface area contributed by atoms with E-state index in [0.29, 0.717) is 17.8 Å². The molecule has 0 bridgehead atoms. The van der Waals surface area contributed by atoms with Gasteiger partial charge in [-0.25, -0.2) is 8.42 Å². The van der Waals surface area contributed by atoms with Gasteiger partial charge in [0.05, 0.1) is 0 Å². The Balaban J connectivity index is 3.22. The molecule has 0 amide bonds. The van der Waals surface area contributed by atoms with Gasteiger partial charge in [-0.1, -0.05) is 19.1 Å². The molecule has 0 aliphatic rings. The summed E-state index contributed by atoms with van der Waals surface area (Å²) in [5.74, 6) is 0. The van der Waals surface area contributed by atoms with Gasteiger partial charge in [0, 0.05) is 30.9 Å². The molecule has 18 heavy (non-hydrogen) atoms. The third-order valence-corrected chi connectivity index (χ3v) is 4.52. The lowest BCUT2D eigenvalue weighted by atomic mass is 10.3. The minimum Gasteiger partial charge on any atom is -0.326 e. The highest BCUT2D eigenvalue weighted by molar-refractivity contribution is 7.89. The lowest BCUT2D eigenvalue weighted by molar-refractivity contribution is 0.449. The van der Waals surface area contributed by atoms with Crippen molar-refractivity contribution in [1.82, 2.24) is 14.5 Å². The number of aromatic amines is 1. The standard InChI is InChI=1S/C11H20N4O2S/c1-5-15(7-8(2)3)18(16,17)11-10(6-12)9(4)13-14-11/h2,5-7,12H2,1,3-4H3,(H,13,14). The summed E-state index contributed by atoms with van der Waals surface area (Å²) < 4.78 is 26.2. The van der Waals surface area contributed by atoms with Crippen molar-refractivity contribution in [2.24, 2.45) is 5.73 Å². The van der Waals surface area contributed by atoms with Gasteiger partial charge >= 0.3 is 0 Å². The van der Waals surface area contributed by atoms with Crippen molar-refractivity contribution < 1.29 is 8.42 Å². The number of aryl methyl sites for hydroxylation is 1. The second-order valence-electron chi connectivity index (χ2n) is 4.22. The van der Waals surface area contributed by atoms with E-state index >= 15 is 0 Å². The molecule has 1 heterocycles. The van der Waals surface area contributed by atoms with Crippen molar-refractivity contribution in [2.45, 2.75) is 32.3 Å². The molecule has 0 saturated heterocycles. The molecule has 0 saturated carbocycles. The average molecular weight is 272 g/mol. The largest absolute Gasteiger partial charge is 0.326 e. The Labute approximate surface area is 108 Å². The summed E-state index contributed by atoms with van der Waals surface area (Å²) in [4.78, 5) is 0. The zero-order chi connectivity index (χ0) is 13.9. The Bertz CT molecular complexity index is 533. The molecule has 3 N–H and O–H groups in total. The van der Waals surface area contributed by atoms with Crippen LogP contribution in [0.2, 0.25) is 0 Å². The smallest absolute Gasteiger partial charge is 0.262 e. The summed E-state index contributed by atoms with van der Waals surface area (Å²) in [6.07, 6.45) is 0. The number of H-pyrrole nitrogens is 1. The van der Waals surface area contributed by atoms with Gasteiger partial charge in [-0.3, -0.25) is 5.10 Å². The Morgan fingerprint density at radius 2 is 2.17 bits per heavy atom. The quantitative estimate of drug-likeness (QED) is 0.748. The SMILES string of the molecule is C=C(C)CN(CC)S(=O)(=O)c1n[nH]c(C)c1CN. The van der Waals surface area contributed by atoms with Crippen LogP contribution in [0.25, 0.3) is 0 Å². The summed E-state index contributed by atoms with van der Waals surface area (Å²) in [6, 6.07) is 0. The van der Waals surface area contributed by atoms with E-state index in [1.807, 2.05) is 0 Å². The van der Waals surface area contributed by atoms with Gasteiger partial charge < -0.3 is 5.73 Å². The molecular weight excluding hydrogens is 252 g/mol. The van der Waals surface area contributed by atoms with Crippen molar-refractivity contribution in [1.29, 1.82) is 0 Å². The normalized spacial score (nSPS) is 12.1. The number of likely N-dealkylation sites (N-methyl/N-ethyl adjacent to an activating group) is 1. The molecule has 0 aromatic carbocycles. The van der Waals surface area contributed by atoms with Gasteiger partial charge in [0.15, 0.2) is 5.03 Å². The van der Waals surface area contributed by atoms with Gasteiger partial charge in [0.2, 0.25) is 0 Å². The van der Waals surface area contributed by atoms with Crippen molar-refractivity contribution in [3.63, 3.8) is 0 Å². The number of nitrogens with one attached hydrogen (secondary N) is 1. The van der Waals surface area contributed by atoms with E-state index in [1.54, 1.807) is 20.8 Å². The molecule has 0 atom stereocenters. The molecule has 0 spiro atoms. The molecule has 102 valence electrons. The van der Waals surface area contributed by atoms with Crippen molar-refractivity contribution in [2.75, 3.05) is 13.1 Å². The number of rotatable bonds is 6. The van der Waals surface area contributed by atoms with Crippen LogP contribution in [0.15, 0.2) is 17.2 Å². The number of nitrogens with zero attached hydrogens (tertiary/aromatic N) is 2. The lowest BCUT2D eigenvalue weighted by Crippen LogP contribution is -2.33. The second kappa shape index (κ2) is 5.64. The maximum Gasteiger partial charge on any atom is 0.262 e. The number of aromatic nitrogens is 2. The fourth-order valence-electron chi connectivity index (χ4n) is 1.67. The monoisotopic (exact) mass is 272 g/mol. The molecule has 0 unspecified atom stereocenters. The minimum atomic E-state index is -3.62. The van der Waals surface area contributed by atoms with Crippen LogP contribution >= 0.6 is 0 Å². The van der Waals surface area contributed by atoms with E-state index in [2.05, 4.69) is 16.8 Å². The molecule has 1 aromatic heterocycles. The number of sulfonamides is 1. The van der Waals surface area contributed by atoms with Crippen LogP contribution in [-0.4, -0.2) is 36.0 Å². The summed E-state index contributed by atoms with van der Waals surface area (Å²) in [7, 11) is -3.62. The van der Waals surface area contributed by atoms with Crippen LogP contribution in [0.4, 0.5) is 0 Å². The van der Waals surface area contributed by atoms with Crippen LogP contribution in [0.3, 0.4) is 0 Å². The van der Waals surface area contributed by atoms with Crippen LogP contribution in [0, 0.1) is 6.92 Å². The van der Waals surface area contributed by atoms with E-state index in [-0.39, 0.29) is 18.1 Å². The molecule has 0 fully saturated rings. The first-order valence-corrected chi connectivity index (χ1v) is 7.17. The predicted molar refractivity (Wildman–Crippen MR) is 70.5 cm³/mol. The van der Waals surface area contributed by atoms with Gasteiger partial charge in [-0.2, -0.15) is 9.40 Å². The average Bonchev–Trinajstić information content (AvgIpc) is 2.67. The molecule has 6 nitrogen and oxygen atoms in total. The summed E-state index contributed by atoms with van der Waals surface area (Å²) in [5, 5.41) is 6.56. The van der Waals surface area contributed by atoms with Gasteiger partial charge in [-0.15, -0.1) is 0 Å². The van der Waals surface area contributed by atoms with Crippen molar-refractivity contribution >= 4 is 10.0 Å². The zero-order valence-corrected chi connectivity index (χ0v) is 11.8. The van der Waals surface area contributed by atoms with Gasteiger partial charge in [0.1, 0.15) is 0 Å². The van der Waals surface area contributed by atoms with E-state index in [1.165, 1.54) is 4.31 Å². The van der Waals surface area contributed by atoms with Gasteiger partial charge in [0.25, 0.3) is 10.0 Å². The Kier molecular flexibility index (Phi) is 4.66. The Hall–Kier alpha value is -1.18. The van der Waals surface area contributed by atoms with E-state index < -0.39 is 10.0 Å². The van der Waals surface area contributed by atoms with Crippen molar-refractivity contribution in [3.8, 4) is 0 Å². The third-order valence-electron chi connectivity index (χ3n) is 2.62. The van der Waals surface area contributed by atoms with Gasteiger partial charge in [-0.05, 0) is 13.8 Å². The number of nitrogens with two attached hydrogens (primary N) is 1. The first-order valence-electron chi connectivity index (χ1n) is 5.73. The molecule has 7 heteroatoms. The van der Waals surface area contributed by atoms with Crippen LogP contribution in [0.1, 0.15) is 25.1 Å². The topological polar surface area (TPSA) is 92.1 Å². The third kappa shape index (κ3) is 2.80. The molecule has 1 rings (SSSR count). The molecule has 0 aliphatic carbocycles.